The average molecular weight is 588 g/mol. The lowest BCUT2D eigenvalue weighted by molar-refractivity contribution is 0.487. The number of anilines is 3. The molecule has 9 rings (SSSR count). The van der Waals surface area contributed by atoms with Crippen LogP contribution in [0.15, 0.2) is 176 Å². The van der Waals surface area contributed by atoms with Crippen LogP contribution in [0.3, 0.4) is 0 Å². The van der Waals surface area contributed by atoms with E-state index in [9.17, 15) is 0 Å². The first-order valence-corrected chi connectivity index (χ1v) is 15.7. The maximum Gasteiger partial charge on any atom is 0.135 e. The van der Waals surface area contributed by atoms with Crippen molar-refractivity contribution in [2.45, 2.75) is 0 Å². The van der Waals surface area contributed by atoms with Crippen LogP contribution in [-0.2, 0) is 0 Å². The smallest absolute Gasteiger partial charge is 0.135 e. The van der Waals surface area contributed by atoms with E-state index in [0.29, 0.717) is 0 Å². The van der Waals surface area contributed by atoms with Crippen molar-refractivity contribution in [2.75, 3.05) is 4.90 Å². The Morgan fingerprint density at radius 1 is 0.370 bits per heavy atom. The minimum atomic E-state index is 0.884. The van der Waals surface area contributed by atoms with Crippen molar-refractivity contribution >= 4 is 38.6 Å². The Balaban J connectivity index is 1.24. The molecule has 0 N–H and O–H groups in total. The largest absolute Gasteiger partial charge is 0.456 e. The Bertz CT molecular complexity index is 2380. The summed E-state index contributed by atoms with van der Waals surface area (Å²) >= 11 is 0. The number of fused-ring (bicyclic) bond motifs is 3. The van der Waals surface area contributed by atoms with Gasteiger partial charge in [0.25, 0.3) is 0 Å². The van der Waals surface area contributed by atoms with Gasteiger partial charge in [-0.25, -0.2) is 0 Å². The molecule has 8 aromatic rings. The summed E-state index contributed by atoms with van der Waals surface area (Å²) < 4.78 is 6.44. The number of hydrogen-bond acceptors (Lipinski definition) is 2. The molecule has 8 aromatic carbocycles. The van der Waals surface area contributed by atoms with Crippen LogP contribution in [0.2, 0.25) is 0 Å². The van der Waals surface area contributed by atoms with Gasteiger partial charge in [0.2, 0.25) is 0 Å². The molecule has 0 atom stereocenters. The van der Waals surface area contributed by atoms with E-state index < -0.39 is 0 Å². The molecule has 46 heavy (non-hydrogen) atoms. The topological polar surface area (TPSA) is 12.5 Å². The highest BCUT2D eigenvalue weighted by Gasteiger charge is 2.23. The summed E-state index contributed by atoms with van der Waals surface area (Å²) in [5.41, 5.74) is 10.4. The third-order valence-corrected chi connectivity index (χ3v) is 9.05. The zero-order valence-corrected chi connectivity index (χ0v) is 25.1. The molecule has 0 spiro atoms. The number of hydrogen-bond donors (Lipinski definition) is 0. The fraction of sp³-hybridized carbons (Fsp3) is 0. The molecule has 0 bridgehead atoms. The molecule has 0 saturated carbocycles. The molecular formula is C44H29NO. The molecule has 1 heterocycles. The standard InChI is InChI=1S/C44H29NO/c1-2-11-30(12-3-1)31-23-26-35(27-24-31)45(41-21-9-14-32-13-4-5-17-36(32)41)40-20-7-6-18-37(40)34-25-28-42-39(29-34)38-19-8-15-33-16-10-22-43(46-42)44(33)38/h1-29H. The van der Waals surface area contributed by atoms with Crippen molar-refractivity contribution < 1.29 is 4.74 Å². The highest BCUT2D eigenvalue weighted by molar-refractivity contribution is 6.05. The lowest BCUT2D eigenvalue weighted by atomic mass is 9.91. The van der Waals surface area contributed by atoms with E-state index in [1.165, 1.54) is 38.2 Å². The van der Waals surface area contributed by atoms with Gasteiger partial charge in [0.15, 0.2) is 0 Å². The molecule has 1 aliphatic rings. The zero-order valence-electron chi connectivity index (χ0n) is 25.1. The van der Waals surface area contributed by atoms with Gasteiger partial charge in [-0.1, -0.05) is 133 Å². The summed E-state index contributed by atoms with van der Waals surface area (Å²) in [5, 5.41) is 4.77. The van der Waals surface area contributed by atoms with Gasteiger partial charge in [0, 0.05) is 27.6 Å². The third kappa shape index (κ3) is 4.35. The molecule has 2 heteroatoms. The lowest BCUT2D eigenvalue weighted by Crippen LogP contribution is -2.11. The fourth-order valence-electron chi connectivity index (χ4n) is 6.89. The van der Waals surface area contributed by atoms with Crippen molar-refractivity contribution in [1.29, 1.82) is 0 Å². The maximum atomic E-state index is 6.44. The summed E-state index contributed by atoms with van der Waals surface area (Å²) in [6, 6.07) is 62.7. The van der Waals surface area contributed by atoms with Gasteiger partial charge in [0.1, 0.15) is 11.5 Å². The maximum absolute atomic E-state index is 6.44. The van der Waals surface area contributed by atoms with Gasteiger partial charge in [0.05, 0.1) is 11.4 Å². The van der Waals surface area contributed by atoms with Gasteiger partial charge in [-0.2, -0.15) is 0 Å². The highest BCUT2D eigenvalue weighted by atomic mass is 16.5. The SMILES string of the molecule is c1ccc(-c2ccc(N(c3ccccc3-c3ccc4c(c3)-c3cccc5cccc(c35)O4)c3cccc4ccccc34)cc2)cc1. The average Bonchev–Trinajstić information content (AvgIpc) is 3.13. The summed E-state index contributed by atoms with van der Waals surface area (Å²) in [4.78, 5) is 2.40. The van der Waals surface area contributed by atoms with E-state index in [1.807, 2.05) is 0 Å². The lowest BCUT2D eigenvalue weighted by Gasteiger charge is -2.29. The second-order valence-electron chi connectivity index (χ2n) is 11.7. The van der Waals surface area contributed by atoms with Crippen molar-refractivity contribution in [2.24, 2.45) is 0 Å². The second kappa shape index (κ2) is 10.8. The van der Waals surface area contributed by atoms with E-state index >= 15 is 0 Å². The van der Waals surface area contributed by atoms with Crippen molar-refractivity contribution in [3.8, 4) is 44.9 Å². The van der Waals surface area contributed by atoms with Crippen LogP contribution >= 0.6 is 0 Å². The molecular weight excluding hydrogens is 558 g/mol. The molecule has 216 valence electrons. The van der Waals surface area contributed by atoms with Crippen LogP contribution in [0.5, 0.6) is 11.5 Å². The molecule has 2 nitrogen and oxygen atoms in total. The van der Waals surface area contributed by atoms with E-state index in [1.54, 1.807) is 0 Å². The summed E-state index contributed by atoms with van der Waals surface area (Å²) in [7, 11) is 0. The first kappa shape index (κ1) is 26.3. The molecule has 0 aliphatic carbocycles. The zero-order chi connectivity index (χ0) is 30.5. The first-order valence-electron chi connectivity index (χ1n) is 15.7. The quantitative estimate of drug-likeness (QED) is 0.199. The fourth-order valence-corrected chi connectivity index (χ4v) is 6.89. The molecule has 1 aliphatic heterocycles. The van der Waals surface area contributed by atoms with Gasteiger partial charge in [-0.3, -0.25) is 0 Å². The summed E-state index contributed by atoms with van der Waals surface area (Å²) in [6.45, 7) is 0. The van der Waals surface area contributed by atoms with E-state index in [0.717, 1.165) is 45.3 Å². The number of para-hydroxylation sites is 1. The molecule has 0 amide bonds. The van der Waals surface area contributed by atoms with Gasteiger partial charge < -0.3 is 9.64 Å². The molecule has 0 unspecified atom stereocenters. The Hall–Kier alpha value is -6.12. The van der Waals surface area contributed by atoms with Gasteiger partial charge in [-0.05, 0) is 75.5 Å². The Morgan fingerprint density at radius 3 is 1.89 bits per heavy atom. The second-order valence-corrected chi connectivity index (χ2v) is 11.7. The van der Waals surface area contributed by atoms with Crippen LogP contribution in [0.1, 0.15) is 0 Å². The van der Waals surface area contributed by atoms with Gasteiger partial charge in [-0.15, -0.1) is 0 Å². The predicted molar refractivity (Wildman–Crippen MR) is 193 cm³/mol. The molecule has 0 saturated heterocycles. The van der Waals surface area contributed by atoms with Crippen molar-refractivity contribution in [1.82, 2.24) is 0 Å². The molecule has 0 radical (unpaired) electrons. The molecule has 0 fully saturated rings. The number of benzene rings is 8. The van der Waals surface area contributed by atoms with E-state index in [4.69, 9.17) is 4.74 Å². The normalized spacial score (nSPS) is 11.7. The Labute approximate surface area is 268 Å². The van der Waals surface area contributed by atoms with Crippen molar-refractivity contribution in [3.63, 3.8) is 0 Å². The minimum Gasteiger partial charge on any atom is -0.456 e. The minimum absolute atomic E-state index is 0.884. The monoisotopic (exact) mass is 587 g/mol. The van der Waals surface area contributed by atoms with Crippen LogP contribution in [0, 0.1) is 0 Å². The summed E-state index contributed by atoms with van der Waals surface area (Å²) in [5.74, 6) is 1.80. The van der Waals surface area contributed by atoms with Crippen molar-refractivity contribution in [3.05, 3.63) is 176 Å². The van der Waals surface area contributed by atoms with Crippen LogP contribution in [-0.4, -0.2) is 0 Å². The van der Waals surface area contributed by atoms with Crippen LogP contribution in [0.25, 0.3) is 54.9 Å². The number of rotatable bonds is 5. The predicted octanol–water partition coefficient (Wildman–Crippen LogP) is 12.6. The third-order valence-electron chi connectivity index (χ3n) is 9.05. The number of nitrogens with zero attached hydrogens (tertiary/aromatic N) is 1. The van der Waals surface area contributed by atoms with Gasteiger partial charge >= 0.3 is 0 Å². The summed E-state index contributed by atoms with van der Waals surface area (Å²) in [6.07, 6.45) is 0. The van der Waals surface area contributed by atoms with E-state index in [2.05, 4.69) is 181 Å². The van der Waals surface area contributed by atoms with Crippen LogP contribution < -0.4 is 9.64 Å². The Morgan fingerprint density at radius 2 is 1.00 bits per heavy atom. The number of ether oxygens (including phenoxy) is 1. The first-order chi connectivity index (χ1) is 22.8. The highest BCUT2D eigenvalue weighted by Crippen LogP contribution is 2.49. The van der Waals surface area contributed by atoms with Crippen LogP contribution in [0.4, 0.5) is 17.1 Å². The Kier molecular flexibility index (Phi) is 6.17. The van der Waals surface area contributed by atoms with E-state index in [-0.39, 0.29) is 0 Å². The molecule has 0 aromatic heterocycles.